The Labute approximate surface area is 148 Å². The number of halogens is 1. The lowest BCUT2D eigenvalue weighted by atomic mass is 10.0. The topological polar surface area (TPSA) is 50.2 Å². The number of aromatic nitrogens is 2. The zero-order chi connectivity index (χ0) is 17.5. The minimum atomic E-state index is -0.00827. The molecule has 0 spiro atoms. The van der Waals surface area contributed by atoms with Crippen LogP contribution < -0.4 is 5.32 Å². The Balaban J connectivity index is 1.95. The number of carbonyl (C=O) groups is 1. The van der Waals surface area contributed by atoms with Gasteiger partial charge < -0.3 is 10.2 Å². The lowest BCUT2D eigenvalue weighted by Crippen LogP contribution is -2.31. The van der Waals surface area contributed by atoms with Crippen molar-refractivity contribution in [3.05, 3.63) is 52.8 Å². The third-order valence-electron chi connectivity index (χ3n) is 3.87. The van der Waals surface area contributed by atoms with Crippen LogP contribution in [0.15, 0.2) is 36.7 Å². The summed E-state index contributed by atoms with van der Waals surface area (Å²) in [5, 5.41) is 7.98. The number of nitrogens with one attached hydrogen (secondary N) is 1. The second-order valence-electron chi connectivity index (χ2n) is 6.29. The number of aryl methyl sites for hydroxylation is 2. The quantitative estimate of drug-likeness (QED) is 0.798. The van der Waals surface area contributed by atoms with E-state index >= 15 is 0 Å². The summed E-state index contributed by atoms with van der Waals surface area (Å²) in [4.78, 5) is 14.5. The van der Waals surface area contributed by atoms with Crippen LogP contribution in [0, 0.1) is 0 Å². The van der Waals surface area contributed by atoms with Gasteiger partial charge in [-0.1, -0.05) is 23.7 Å². The highest BCUT2D eigenvalue weighted by atomic mass is 35.5. The summed E-state index contributed by atoms with van der Waals surface area (Å²) >= 11 is 5.97. The molecule has 1 amide bonds. The molecule has 2 rings (SSSR count). The van der Waals surface area contributed by atoms with Crippen molar-refractivity contribution >= 4 is 17.5 Å². The minimum Gasteiger partial charge on any atom is -0.349 e. The van der Waals surface area contributed by atoms with E-state index in [1.54, 1.807) is 10.9 Å². The number of nitrogens with zero attached hydrogens (tertiary/aromatic N) is 3. The molecule has 24 heavy (non-hydrogen) atoms. The molecule has 1 unspecified atom stereocenters. The molecular formula is C18H25ClN4O. The summed E-state index contributed by atoms with van der Waals surface area (Å²) < 4.78 is 1.75. The molecule has 1 aromatic heterocycles. The van der Waals surface area contributed by atoms with E-state index in [0.29, 0.717) is 17.9 Å². The van der Waals surface area contributed by atoms with E-state index in [9.17, 15) is 4.79 Å². The summed E-state index contributed by atoms with van der Waals surface area (Å²) in [5.74, 6) is 0.0533. The first-order chi connectivity index (χ1) is 11.4. The number of hydrogen-bond donors (Lipinski definition) is 1. The molecule has 0 fully saturated rings. The average molecular weight is 349 g/mol. The van der Waals surface area contributed by atoms with Crippen LogP contribution in [0.3, 0.4) is 0 Å². The Morgan fingerprint density at radius 2 is 2.04 bits per heavy atom. The Kier molecular flexibility index (Phi) is 6.82. The SMILES string of the molecule is CN(C)CCC(NC(=O)CCc1cnn(C)c1)c1ccc(Cl)cc1. The number of carbonyl (C=O) groups excluding carboxylic acids is 1. The molecule has 0 aliphatic carbocycles. The van der Waals surface area contributed by atoms with Gasteiger partial charge >= 0.3 is 0 Å². The molecule has 1 aromatic carbocycles. The van der Waals surface area contributed by atoms with Crippen LogP contribution in [-0.2, 0) is 18.3 Å². The molecule has 1 atom stereocenters. The van der Waals surface area contributed by atoms with Gasteiger partial charge in [-0.05, 0) is 56.7 Å². The molecule has 6 heteroatoms. The van der Waals surface area contributed by atoms with Gasteiger partial charge in [-0.3, -0.25) is 9.48 Å². The smallest absolute Gasteiger partial charge is 0.220 e. The van der Waals surface area contributed by atoms with E-state index in [1.807, 2.05) is 51.6 Å². The lowest BCUT2D eigenvalue weighted by molar-refractivity contribution is -0.121. The Morgan fingerprint density at radius 3 is 2.62 bits per heavy atom. The Morgan fingerprint density at radius 1 is 1.33 bits per heavy atom. The summed E-state index contributed by atoms with van der Waals surface area (Å²) in [6.45, 7) is 0.899. The highest BCUT2D eigenvalue weighted by molar-refractivity contribution is 6.30. The van der Waals surface area contributed by atoms with E-state index in [-0.39, 0.29) is 11.9 Å². The first-order valence-corrected chi connectivity index (χ1v) is 8.49. The maximum Gasteiger partial charge on any atom is 0.220 e. The Hall–Kier alpha value is -1.85. The molecule has 2 aromatic rings. The van der Waals surface area contributed by atoms with E-state index < -0.39 is 0 Å². The molecule has 0 saturated heterocycles. The van der Waals surface area contributed by atoms with Crippen molar-refractivity contribution in [1.82, 2.24) is 20.0 Å². The molecule has 0 bridgehead atoms. The largest absolute Gasteiger partial charge is 0.349 e. The summed E-state index contributed by atoms with van der Waals surface area (Å²) in [7, 11) is 5.94. The second-order valence-corrected chi connectivity index (χ2v) is 6.72. The molecular weight excluding hydrogens is 324 g/mol. The zero-order valence-electron chi connectivity index (χ0n) is 14.5. The first-order valence-electron chi connectivity index (χ1n) is 8.11. The fraction of sp³-hybridized carbons (Fsp3) is 0.444. The van der Waals surface area contributed by atoms with Crippen molar-refractivity contribution < 1.29 is 4.79 Å². The third-order valence-corrected chi connectivity index (χ3v) is 4.12. The lowest BCUT2D eigenvalue weighted by Gasteiger charge is -2.21. The van der Waals surface area contributed by atoms with E-state index in [1.165, 1.54) is 0 Å². The number of benzene rings is 1. The van der Waals surface area contributed by atoms with Crippen molar-refractivity contribution in [3.63, 3.8) is 0 Å². The van der Waals surface area contributed by atoms with E-state index in [0.717, 1.165) is 24.1 Å². The molecule has 1 heterocycles. The van der Waals surface area contributed by atoms with Crippen molar-refractivity contribution in [2.75, 3.05) is 20.6 Å². The molecule has 5 nitrogen and oxygen atoms in total. The van der Waals surface area contributed by atoms with Gasteiger partial charge in [0.1, 0.15) is 0 Å². The van der Waals surface area contributed by atoms with Crippen LogP contribution in [0.5, 0.6) is 0 Å². The van der Waals surface area contributed by atoms with Crippen molar-refractivity contribution in [1.29, 1.82) is 0 Å². The van der Waals surface area contributed by atoms with Gasteiger partial charge in [-0.25, -0.2) is 0 Å². The molecule has 1 N–H and O–H groups in total. The molecule has 0 radical (unpaired) electrons. The zero-order valence-corrected chi connectivity index (χ0v) is 15.3. The molecule has 0 aliphatic rings. The van der Waals surface area contributed by atoms with Gasteiger partial charge in [0.15, 0.2) is 0 Å². The van der Waals surface area contributed by atoms with Gasteiger partial charge in [0.05, 0.1) is 12.2 Å². The van der Waals surface area contributed by atoms with Crippen LogP contribution in [0.1, 0.15) is 30.0 Å². The predicted molar refractivity (Wildman–Crippen MR) is 97.0 cm³/mol. The van der Waals surface area contributed by atoms with Crippen LogP contribution >= 0.6 is 11.6 Å². The van der Waals surface area contributed by atoms with Crippen molar-refractivity contribution in [2.24, 2.45) is 7.05 Å². The van der Waals surface area contributed by atoms with E-state index in [4.69, 9.17) is 11.6 Å². The summed E-state index contributed by atoms with van der Waals surface area (Å²) in [5.41, 5.74) is 2.15. The highest BCUT2D eigenvalue weighted by Crippen LogP contribution is 2.20. The number of amides is 1. The maximum absolute atomic E-state index is 12.3. The first kappa shape index (κ1) is 18.5. The fourth-order valence-corrected chi connectivity index (χ4v) is 2.66. The standard InChI is InChI=1S/C18H25ClN4O/c1-22(2)11-10-17(15-5-7-16(19)8-6-15)21-18(24)9-4-14-12-20-23(3)13-14/h5-8,12-13,17H,4,9-11H2,1-3H3,(H,21,24). The average Bonchev–Trinajstić information content (AvgIpc) is 2.96. The van der Waals surface area contributed by atoms with Gasteiger partial charge in [-0.2, -0.15) is 5.10 Å². The molecule has 0 saturated carbocycles. The highest BCUT2D eigenvalue weighted by Gasteiger charge is 2.15. The van der Waals surface area contributed by atoms with Gasteiger partial charge in [0.25, 0.3) is 0 Å². The van der Waals surface area contributed by atoms with Crippen molar-refractivity contribution in [2.45, 2.75) is 25.3 Å². The van der Waals surface area contributed by atoms with Crippen LogP contribution in [0.2, 0.25) is 5.02 Å². The monoisotopic (exact) mass is 348 g/mol. The van der Waals surface area contributed by atoms with Gasteiger partial charge in [0, 0.05) is 24.7 Å². The van der Waals surface area contributed by atoms with Crippen LogP contribution in [-0.4, -0.2) is 41.2 Å². The normalized spacial score (nSPS) is 12.4. The van der Waals surface area contributed by atoms with Gasteiger partial charge in [-0.15, -0.1) is 0 Å². The number of rotatable bonds is 8. The summed E-state index contributed by atoms with van der Waals surface area (Å²) in [6, 6.07) is 7.67. The van der Waals surface area contributed by atoms with Crippen LogP contribution in [0.4, 0.5) is 0 Å². The van der Waals surface area contributed by atoms with Crippen LogP contribution in [0.25, 0.3) is 0 Å². The third kappa shape index (κ3) is 5.98. The van der Waals surface area contributed by atoms with Gasteiger partial charge in [0.2, 0.25) is 5.91 Å². The predicted octanol–water partition coefficient (Wildman–Crippen LogP) is 2.82. The van der Waals surface area contributed by atoms with Crippen molar-refractivity contribution in [3.8, 4) is 0 Å². The molecule has 130 valence electrons. The Bertz CT molecular complexity index is 651. The fourth-order valence-electron chi connectivity index (χ4n) is 2.53. The van der Waals surface area contributed by atoms with E-state index in [2.05, 4.69) is 15.3 Å². The second kappa shape index (κ2) is 8.85. The summed E-state index contributed by atoms with van der Waals surface area (Å²) in [6.07, 6.45) is 5.75. The minimum absolute atomic E-state index is 0.00827. The number of hydrogen-bond acceptors (Lipinski definition) is 3. The maximum atomic E-state index is 12.3. The molecule has 0 aliphatic heterocycles.